The molecule has 1 rings (SSSR count). The van der Waals surface area contributed by atoms with Crippen LogP contribution in [0.25, 0.3) is 5.57 Å². The van der Waals surface area contributed by atoms with E-state index in [4.69, 9.17) is 0 Å². The third-order valence-electron chi connectivity index (χ3n) is 3.23. The van der Waals surface area contributed by atoms with Crippen LogP contribution in [0.5, 0.6) is 0 Å². The summed E-state index contributed by atoms with van der Waals surface area (Å²) < 4.78 is 0. The first-order valence-electron chi connectivity index (χ1n) is 7.06. The lowest BCUT2D eigenvalue weighted by Gasteiger charge is -2.47. The van der Waals surface area contributed by atoms with E-state index in [-0.39, 0.29) is 11.1 Å². The molecular formula is C18H26N2. The highest BCUT2D eigenvalue weighted by Gasteiger charge is 2.34. The highest BCUT2D eigenvalue weighted by atomic mass is 15.2. The number of nitrogens with zero attached hydrogens (tertiary/aromatic N) is 2. The minimum atomic E-state index is -0.112. The normalized spacial score (nSPS) is 13.5. The molecule has 0 atom stereocenters. The van der Waals surface area contributed by atoms with E-state index < -0.39 is 0 Å². The fourth-order valence-corrected chi connectivity index (χ4v) is 2.80. The van der Waals surface area contributed by atoms with Crippen molar-refractivity contribution in [1.82, 2.24) is 4.90 Å². The molecule has 0 aliphatic carbocycles. The van der Waals surface area contributed by atoms with Gasteiger partial charge in [-0.2, -0.15) is 5.26 Å². The van der Waals surface area contributed by atoms with Gasteiger partial charge < -0.3 is 4.90 Å². The van der Waals surface area contributed by atoms with Gasteiger partial charge in [-0.25, -0.2) is 0 Å². The van der Waals surface area contributed by atoms with E-state index in [1.807, 2.05) is 25.1 Å². The maximum absolute atomic E-state index is 9.71. The minimum Gasteiger partial charge on any atom is -0.353 e. The van der Waals surface area contributed by atoms with Crippen LogP contribution < -0.4 is 0 Å². The monoisotopic (exact) mass is 270 g/mol. The molecule has 0 saturated heterocycles. The Hall–Kier alpha value is -1.75. The zero-order chi connectivity index (χ0) is 15.6. The molecule has 0 N–H and O–H groups in total. The van der Waals surface area contributed by atoms with Gasteiger partial charge in [0.05, 0.1) is 0 Å². The van der Waals surface area contributed by atoms with Gasteiger partial charge in [0.15, 0.2) is 0 Å². The molecule has 2 heteroatoms. The fourth-order valence-electron chi connectivity index (χ4n) is 2.80. The molecular weight excluding hydrogens is 244 g/mol. The predicted octanol–water partition coefficient (Wildman–Crippen LogP) is 4.84. The molecule has 0 spiro atoms. The Kier molecular flexibility index (Phi) is 4.65. The molecule has 1 aromatic rings. The quantitative estimate of drug-likeness (QED) is 0.719. The molecule has 108 valence electrons. The van der Waals surface area contributed by atoms with Gasteiger partial charge in [-0.15, -0.1) is 0 Å². The Morgan fingerprint density at radius 3 is 1.75 bits per heavy atom. The second kappa shape index (κ2) is 5.71. The van der Waals surface area contributed by atoms with Crippen LogP contribution in [0.4, 0.5) is 0 Å². The van der Waals surface area contributed by atoms with Gasteiger partial charge in [0.1, 0.15) is 11.8 Å². The minimum absolute atomic E-state index is 0.112. The standard InChI is InChI=1S/C18H26N2/c1-14(15-11-9-8-10-12-15)16(13-19)20(17(2,3)4)18(5,6)7/h8-12H,1-7H3/b16-14+. The largest absolute Gasteiger partial charge is 0.353 e. The van der Waals surface area contributed by atoms with E-state index in [1.54, 1.807) is 0 Å². The molecule has 1 aromatic carbocycles. The second-order valence-corrected chi connectivity index (χ2v) is 7.13. The van der Waals surface area contributed by atoms with Crippen LogP contribution >= 0.6 is 0 Å². The van der Waals surface area contributed by atoms with E-state index >= 15 is 0 Å². The first-order chi connectivity index (χ1) is 9.09. The maximum atomic E-state index is 9.71. The second-order valence-electron chi connectivity index (χ2n) is 7.13. The molecule has 0 radical (unpaired) electrons. The summed E-state index contributed by atoms with van der Waals surface area (Å²) in [5.41, 5.74) is 2.65. The summed E-state index contributed by atoms with van der Waals surface area (Å²) in [5.74, 6) is 0. The SMILES string of the molecule is C/C(=C(/C#N)N(C(C)(C)C)C(C)(C)C)c1ccccc1. The van der Waals surface area contributed by atoms with Crippen LogP contribution in [-0.4, -0.2) is 16.0 Å². The Balaban J connectivity index is 3.47. The van der Waals surface area contributed by atoms with Crippen molar-refractivity contribution in [3.8, 4) is 6.07 Å². The molecule has 2 nitrogen and oxygen atoms in total. The molecule has 0 bridgehead atoms. The van der Waals surface area contributed by atoms with E-state index in [1.165, 1.54) is 0 Å². The molecule has 0 saturated carbocycles. The number of allylic oxidation sites excluding steroid dienone is 2. The molecule has 0 amide bonds. The summed E-state index contributed by atoms with van der Waals surface area (Å²) in [6, 6.07) is 12.5. The summed E-state index contributed by atoms with van der Waals surface area (Å²) in [6.45, 7) is 14.9. The molecule has 0 aromatic heterocycles. The van der Waals surface area contributed by atoms with Gasteiger partial charge in [0, 0.05) is 11.1 Å². The lowest BCUT2D eigenvalue weighted by molar-refractivity contribution is 0.0861. The average molecular weight is 270 g/mol. The number of rotatable bonds is 2. The zero-order valence-electron chi connectivity index (χ0n) is 13.8. The van der Waals surface area contributed by atoms with Crippen LogP contribution in [0.1, 0.15) is 54.0 Å². The first kappa shape index (κ1) is 16.3. The lowest BCUT2D eigenvalue weighted by Crippen LogP contribution is -2.51. The third-order valence-corrected chi connectivity index (χ3v) is 3.23. The fraction of sp³-hybridized carbons (Fsp3) is 0.500. The highest BCUT2D eigenvalue weighted by molar-refractivity contribution is 5.69. The van der Waals surface area contributed by atoms with Crippen molar-refractivity contribution in [2.24, 2.45) is 0 Å². The van der Waals surface area contributed by atoms with Crippen molar-refractivity contribution in [3.05, 3.63) is 41.6 Å². The number of nitriles is 1. The molecule has 0 aliphatic rings. The van der Waals surface area contributed by atoms with Crippen LogP contribution in [0.3, 0.4) is 0 Å². The van der Waals surface area contributed by atoms with Crippen LogP contribution in [0.15, 0.2) is 36.0 Å². The maximum Gasteiger partial charge on any atom is 0.120 e. The number of hydrogen-bond donors (Lipinski definition) is 0. The van der Waals surface area contributed by atoms with E-state index in [2.05, 4.69) is 64.6 Å². The topological polar surface area (TPSA) is 27.0 Å². The summed E-state index contributed by atoms with van der Waals surface area (Å²) in [7, 11) is 0. The van der Waals surface area contributed by atoms with Gasteiger partial charge in [-0.1, -0.05) is 30.3 Å². The van der Waals surface area contributed by atoms with Gasteiger partial charge >= 0.3 is 0 Å². The van der Waals surface area contributed by atoms with Crippen LogP contribution in [-0.2, 0) is 0 Å². The zero-order valence-corrected chi connectivity index (χ0v) is 13.8. The first-order valence-corrected chi connectivity index (χ1v) is 7.06. The Morgan fingerprint density at radius 2 is 1.40 bits per heavy atom. The summed E-state index contributed by atoms with van der Waals surface area (Å²) >= 11 is 0. The van der Waals surface area contributed by atoms with Gasteiger partial charge in [-0.05, 0) is 59.6 Å². The van der Waals surface area contributed by atoms with E-state index in [9.17, 15) is 5.26 Å². The van der Waals surface area contributed by atoms with Gasteiger partial charge in [0.25, 0.3) is 0 Å². The van der Waals surface area contributed by atoms with Crippen molar-refractivity contribution < 1.29 is 0 Å². The molecule has 0 heterocycles. The van der Waals surface area contributed by atoms with Crippen molar-refractivity contribution >= 4 is 5.57 Å². The molecule has 20 heavy (non-hydrogen) atoms. The Bertz CT molecular complexity index is 505. The van der Waals surface area contributed by atoms with Gasteiger partial charge in [-0.3, -0.25) is 0 Å². The third kappa shape index (κ3) is 3.63. The van der Waals surface area contributed by atoms with Crippen LogP contribution in [0, 0.1) is 11.3 Å². The Labute approximate surface area is 123 Å². The van der Waals surface area contributed by atoms with Crippen molar-refractivity contribution in [3.63, 3.8) is 0 Å². The molecule has 0 fully saturated rings. The number of benzene rings is 1. The number of hydrogen-bond acceptors (Lipinski definition) is 2. The highest BCUT2D eigenvalue weighted by Crippen LogP contribution is 2.33. The average Bonchev–Trinajstić information content (AvgIpc) is 2.33. The van der Waals surface area contributed by atoms with Gasteiger partial charge in [0.2, 0.25) is 0 Å². The summed E-state index contributed by atoms with van der Waals surface area (Å²) in [4.78, 5) is 2.21. The van der Waals surface area contributed by atoms with Crippen molar-refractivity contribution in [1.29, 1.82) is 5.26 Å². The summed E-state index contributed by atoms with van der Waals surface area (Å²) in [6.07, 6.45) is 0. The molecule has 0 unspecified atom stereocenters. The molecule has 0 aliphatic heterocycles. The van der Waals surface area contributed by atoms with Crippen molar-refractivity contribution in [2.45, 2.75) is 59.5 Å². The van der Waals surface area contributed by atoms with Crippen molar-refractivity contribution in [2.75, 3.05) is 0 Å². The predicted molar refractivity (Wildman–Crippen MR) is 86.0 cm³/mol. The Morgan fingerprint density at radius 1 is 0.950 bits per heavy atom. The summed E-state index contributed by atoms with van der Waals surface area (Å²) in [5, 5.41) is 9.71. The smallest absolute Gasteiger partial charge is 0.120 e. The van der Waals surface area contributed by atoms with Crippen LogP contribution in [0.2, 0.25) is 0 Å². The van der Waals surface area contributed by atoms with E-state index in [0.29, 0.717) is 0 Å². The lowest BCUT2D eigenvalue weighted by atomic mass is 9.92. The van der Waals surface area contributed by atoms with E-state index in [0.717, 1.165) is 16.8 Å².